The molecular weight excluding hydrogens is 360 g/mol. The van der Waals surface area contributed by atoms with Crippen molar-refractivity contribution in [3.8, 4) is 0 Å². The monoisotopic (exact) mass is 388 g/mol. The van der Waals surface area contributed by atoms with Crippen LogP contribution in [0.15, 0.2) is 55.0 Å². The van der Waals surface area contributed by atoms with E-state index in [0.29, 0.717) is 18.5 Å². The SMILES string of the molecule is O=C(C1CCCNC1)N(Cc1cn(Cc2cccnc2)c2ccccc12)C1CC1. The molecule has 1 aliphatic carbocycles. The predicted molar refractivity (Wildman–Crippen MR) is 114 cm³/mol. The molecule has 1 N–H and O–H groups in total. The quantitative estimate of drug-likeness (QED) is 0.702. The molecule has 2 aliphatic rings. The molecule has 29 heavy (non-hydrogen) atoms. The van der Waals surface area contributed by atoms with Gasteiger partial charge in [0.2, 0.25) is 5.91 Å². The lowest BCUT2D eigenvalue weighted by molar-refractivity contribution is -0.137. The standard InChI is InChI=1S/C24H28N4O/c29-24(19-6-4-12-26-14-19)28(21-9-10-21)17-20-16-27(15-18-5-3-11-25-13-18)23-8-2-1-7-22(20)23/h1-3,5,7-8,11,13,16,19,21,26H,4,6,9-10,12,14-15,17H2. The molecule has 0 radical (unpaired) electrons. The Kier molecular flexibility index (Phi) is 5.06. The second kappa shape index (κ2) is 7.99. The first-order chi connectivity index (χ1) is 14.3. The van der Waals surface area contributed by atoms with E-state index in [4.69, 9.17) is 0 Å². The molecule has 0 spiro atoms. The number of piperidine rings is 1. The molecule has 1 saturated carbocycles. The van der Waals surface area contributed by atoms with Gasteiger partial charge in [-0.1, -0.05) is 24.3 Å². The van der Waals surface area contributed by atoms with Gasteiger partial charge in [0.15, 0.2) is 0 Å². The maximum absolute atomic E-state index is 13.3. The lowest BCUT2D eigenvalue weighted by atomic mass is 9.97. The second-order valence-corrected chi connectivity index (χ2v) is 8.40. The van der Waals surface area contributed by atoms with Crippen molar-refractivity contribution in [1.29, 1.82) is 0 Å². The zero-order valence-corrected chi connectivity index (χ0v) is 16.8. The number of rotatable bonds is 6. The number of hydrogen-bond donors (Lipinski definition) is 1. The third-order valence-electron chi connectivity index (χ3n) is 6.20. The zero-order valence-electron chi connectivity index (χ0n) is 16.8. The molecule has 1 amide bonds. The Bertz CT molecular complexity index is 987. The van der Waals surface area contributed by atoms with E-state index in [-0.39, 0.29) is 5.92 Å². The highest BCUT2D eigenvalue weighted by Crippen LogP contribution is 2.33. The van der Waals surface area contributed by atoms with Gasteiger partial charge < -0.3 is 14.8 Å². The highest BCUT2D eigenvalue weighted by atomic mass is 16.2. The number of carbonyl (C=O) groups excluding carboxylic acids is 1. The number of carbonyl (C=O) groups is 1. The van der Waals surface area contributed by atoms with E-state index in [1.54, 1.807) is 0 Å². The van der Waals surface area contributed by atoms with Crippen LogP contribution in [0.3, 0.4) is 0 Å². The summed E-state index contributed by atoms with van der Waals surface area (Å²) in [4.78, 5) is 19.7. The summed E-state index contributed by atoms with van der Waals surface area (Å²) in [5.74, 6) is 0.469. The van der Waals surface area contributed by atoms with Crippen LogP contribution in [0.25, 0.3) is 10.9 Å². The third kappa shape index (κ3) is 3.92. The van der Waals surface area contributed by atoms with Gasteiger partial charge in [0.25, 0.3) is 0 Å². The minimum Gasteiger partial charge on any atom is -0.343 e. The van der Waals surface area contributed by atoms with E-state index in [1.165, 1.54) is 22.0 Å². The van der Waals surface area contributed by atoms with Crippen LogP contribution in [0.4, 0.5) is 0 Å². The number of benzene rings is 1. The van der Waals surface area contributed by atoms with E-state index in [2.05, 4.69) is 56.3 Å². The number of nitrogens with one attached hydrogen (secondary N) is 1. The van der Waals surface area contributed by atoms with Crippen molar-refractivity contribution in [3.63, 3.8) is 0 Å². The van der Waals surface area contributed by atoms with Crippen molar-refractivity contribution < 1.29 is 4.79 Å². The highest BCUT2D eigenvalue weighted by molar-refractivity contribution is 5.85. The summed E-state index contributed by atoms with van der Waals surface area (Å²) in [6.45, 7) is 3.36. The lowest BCUT2D eigenvalue weighted by Gasteiger charge is -2.29. The lowest BCUT2D eigenvalue weighted by Crippen LogP contribution is -2.43. The molecule has 1 atom stereocenters. The summed E-state index contributed by atoms with van der Waals surface area (Å²) < 4.78 is 2.29. The van der Waals surface area contributed by atoms with E-state index >= 15 is 0 Å². The van der Waals surface area contributed by atoms with Crippen molar-refractivity contribution in [2.75, 3.05) is 13.1 Å². The van der Waals surface area contributed by atoms with E-state index in [1.807, 2.05) is 18.5 Å². The molecule has 5 rings (SSSR count). The van der Waals surface area contributed by atoms with Crippen molar-refractivity contribution in [2.45, 2.75) is 44.8 Å². The minimum atomic E-state index is 0.132. The van der Waals surface area contributed by atoms with Gasteiger partial charge >= 0.3 is 0 Å². The smallest absolute Gasteiger partial charge is 0.227 e. The van der Waals surface area contributed by atoms with Crippen LogP contribution in [0.5, 0.6) is 0 Å². The Labute approximate surface area is 171 Å². The molecule has 1 saturated heterocycles. The number of para-hydroxylation sites is 1. The van der Waals surface area contributed by atoms with Crippen molar-refractivity contribution in [3.05, 3.63) is 66.1 Å². The molecule has 5 nitrogen and oxygen atoms in total. The number of fused-ring (bicyclic) bond motifs is 1. The fourth-order valence-electron chi connectivity index (χ4n) is 4.52. The van der Waals surface area contributed by atoms with Gasteiger partial charge in [0.05, 0.1) is 5.92 Å². The Morgan fingerprint density at radius 3 is 2.83 bits per heavy atom. The second-order valence-electron chi connectivity index (χ2n) is 8.40. The van der Waals surface area contributed by atoms with Crippen LogP contribution in [0.2, 0.25) is 0 Å². The van der Waals surface area contributed by atoms with Crippen molar-refractivity contribution in [2.24, 2.45) is 5.92 Å². The summed E-state index contributed by atoms with van der Waals surface area (Å²) in [5.41, 5.74) is 3.64. The summed E-state index contributed by atoms with van der Waals surface area (Å²) in [6.07, 6.45) is 10.4. The number of amides is 1. The summed E-state index contributed by atoms with van der Waals surface area (Å²) in [6, 6.07) is 13.0. The molecule has 1 aromatic carbocycles. The average Bonchev–Trinajstić information content (AvgIpc) is 3.57. The summed E-state index contributed by atoms with van der Waals surface area (Å²) in [5, 5.41) is 4.64. The fourth-order valence-corrected chi connectivity index (χ4v) is 4.52. The molecule has 3 heterocycles. The Hall–Kier alpha value is -2.66. The Morgan fingerprint density at radius 1 is 1.17 bits per heavy atom. The maximum Gasteiger partial charge on any atom is 0.227 e. The summed E-state index contributed by atoms with van der Waals surface area (Å²) in [7, 11) is 0. The Balaban J connectivity index is 1.43. The van der Waals surface area contributed by atoms with Crippen LogP contribution >= 0.6 is 0 Å². The van der Waals surface area contributed by atoms with Crippen LogP contribution < -0.4 is 5.32 Å². The first kappa shape index (κ1) is 18.4. The number of hydrogen-bond acceptors (Lipinski definition) is 3. The Morgan fingerprint density at radius 2 is 2.07 bits per heavy atom. The van der Waals surface area contributed by atoms with E-state index in [0.717, 1.165) is 45.3 Å². The zero-order chi connectivity index (χ0) is 19.6. The number of nitrogens with zero attached hydrogens (tertiary/aromatic N) is 3. The fraction of sp³-hybridized carbons (Fsp3) is 0.417. The maximum atomic E-state index is 13.3. The van der Waals surface area contributed by atoms with Crippen molar-refractivity contribution >= 4 is 16.8 Å². The summed E-state index contributed by atoms with van der Waals surface area (Å²) >= 11 is 0. The van der Waals surface area contributed by atoms with E-state index in [9.17, 15) is 4.79 Å². The van der Waals surface area contributed by atoms with Crippen LogP contribution in [0, 0.1) is 5.92 Å². The normalized spacial score (nSPS) is 19.4. The van der Waals surface area contributed by atoms with Gasteiger partial charge in [-0.05, 0) is 55.5 Å². The first-order valence-corrected chi connectivity index (χ1v) is 10.8. The topological polar surface area (TPSA) is 50.2 Å². The molecule has 1 unspecified atom stereocenters. The van der Waals surface area contributed by atoms with Gasteiger partial charge in [0.1, 0.15) is 0 Å². The molecule has 2 fully saturated rings. The van der Waals surface area contributed by atoms with Crippen LogP contribution in [-0.4, -0.2) is 39.5 Å². The highest BCUT2D eigenvalue weighted by Gasteiger charge is 2.36. The molecular formula is C24H28N4O. The molecule has 3 aromatic rings. The van der Waals surface area contributed by atoms with Crippen LogP contribution in [0.1, 0.15) is 36.8 Å². The molecule has 5 heteroatoms. The largest absolute Gasteiger partial charge is 0.343 e. The molecule has 150 valence electrons. The van der Waals surface area contributed by atoms with Gasteiger partial charge in [-0.2, -0.15) is 0 Å². The van der Waals surface area contributed by atoms with Crippen LogP contribution in [-0.2, 0) is 17.9 Å². The van der Waals surface area contributed by atoms with Gasteiger partial charge in [-0.3, -0.25) is 9.78 Å². The van der Waals surface area contributed by atoms with Gasteiger partial charge in [0, 0.05) is 55.2 Å². The molecule has 2 aromatic heterocycles. The molecule has 1 aliphatic heterocycles. The number of pyridine rings is 1. The third-order valence-corrected chi connectivity index (χ3v) is 6.20. The predicted octanol–water partition coefficient (Wildman–Crippen LogP) is 3.58. The van der Waals surface area contributed by atoms with Crippen molar-refractivity contribution in [1.82, 2.24) is 19.8 Å². The van der Waals surface area contributed by atoms with Gasteiger partial charge in [-0.15, -0.1) is 0 Å². The first-order valence-electron chi connectivity index (χ1n) is 10.8. The number of aromatic nitrogens is 2. The van der Waals surface area contributed by atoms with E-state index < -0.39 is 0 Å². The minimum absolute atomic E-state index is 0.132. The average molecular weight is 389 g/mol. The molecule has 0 bridgehead atoms. The van der Waals surface area contributed by atoms with Gasteiger partial charge in [-0.25, -0.2) is 0 Å².